The maximum Gasteiger partial charge on any atom is 0.334 e. The Morgan fingerprint density at radius 3 is 2.13 bits per heavy atom. The summed E-state index contributed by atoms with van der Waals surface area (Å²) in [7, 11) is 0. The molecule has 0 saturated heterocycles. The smallest absolute Gasteiger partial charge is 0.334 e. The third-order valence-corrected chi connectivity index (χ3v) is 1.10. The summed E-state index contributed by atoms with van der Waals surface area (Å²) in [6.07, 6.45) is 0.564. The van der Waals surface area contributed by atoms with E-state index >= 15 is 0 Å². The van der Waals surface area contributed by atoms with Gasteiger partial charge in [0.05, 0.1) is 11.2 Å². The topological polar surface area (TPSA) is 93.1 Å². The highest BCUT2D eigenvalue weighted by Gasteiger charge is 2.15. The van der Waals surface area contributed by atoms with E-state index in [0.29, 0.717) is 6.08 Å². The third kappa shape index (κ3) is 7.65. The van der Waals surface area contributed by atoms with Crippen LogP contribution in [0.25, 0.3) is 0 Å². The van der Waals surface area contributed by atoms with E-state index in [1.165, 1.54) is 0 Å². The molecule has 0 aromatic carbocycles. The molecule has 86 valence electrons. The lowest BCUT2D eigenvalue weighted by Gasteiger charge is -2.17. The molecule has 0 aliphatic carbocycles. The van der Waals surface area contributed by atoms with Crippen molar-refractivity contribution in [3.05, 3.63) is 11.6 Å². The zero-order valence-electron chi connectivity index (χ0n) is 8.81. The van der Waals surface area contributed by atoms with Gasteiger partial charge in [0.1, 0.15) is 6.61 Å². The molecule has 0 heterocycles. The Kier molecular flexibility index (Phi) is 4.96. The van der Waals surface area contributed by atoms with Crippen LogP contribution >= 0.6 is 0 Å². The lowest BCUT2D eigenvalue weighted by molar-refractivity contribution is -0.343. The van der Waals surface area contributed by atoms with Crippen LogP contribution in [0.2, 0.25) is 0 Å². The summed E-state index contributed by atoms with van der Waals surface area (Å²) in [4.78, 5) is 30.2. The molecule has 0 aromatic rings. The second-order valence-electron chi connectivity index (χ2n) is 3.77. The van der Waals surface area contributed by atoms with E-state index in [2.05, 4.69) is 4.89 Å². The maximum atomic E-state index is 10.5. The van der Waals surface area contributed by atoms with Crippen molar-refractivity contribution in [2.75, 3.05) is 6.61 Å². The van der Waals surface area contributed by atoms with E-state index in [1.54, 1.807) is 20.8 Å². The Morgan fingerprint density at radius 1 is 1.27 bits per heavy atom. The van der Waals surface area contributed by atoms with Gasteiger partial charge in [-0.05, 0) is 20.8 Å². The molecule has 0 aliphatic heterocycles. The van der Waals surface area contributed by atoms with Gasteiger partial charge in [-0.15, -0.1) is 0 Å². The van der Waals surface area contributed by atoms with Gasteiger partial charge >= 0.3 is 11.9 Å². The largest absolute Gasteiger partial charge is 0.478 e. The first kappa shape index (κ1) is 13.6. The van der Waals surface area contributed by atoms with Crippen molar-refractivity contribution in [2.45, 2.75) is 26.4 Å². The number of hydrogen-bond donors (Lipinski definition) is 2. The van der Waals surface area contributed by atoms with Gasteiger partial charge in [0.25, 0.3) is 0 Å². The summed E-state index contributed by atoms with van der Waals surface area (Å²) in [5.74, 6) is -2.69. The maximum absolute atomic E-state index is 10.5. The first-order valence-corrected chi connectivity index (χ1v) is 4.20. The fraction of sp³-hybridized carbons (Fsp3) is 0.556. The van der Waals surface area contributed by atoms with E-state index in [-0.39, 0.29) is 5.57 Å². The molecule has 2 N–H and O–H groups in total. The highest BCUT2D eigenvalue weighted by Crippen LogP contribution is 2.08. The summed E-state index contributed by atoms with van der Waals surface area (Å²) in [5.41, 5.74) is -0.959. The van der Waals surface area contributed by atoms with Crippen LogP contribution in [-0.2, 0) is 19.4 Å². The first-order valence-electron chi connectivity index (χ1n) is 4.20. The minimum Gasteiger partial charge on any atom is -0.478 e. The Morgan fingerprint density at radius 2 is 1.80 bits per heavy atom. The fourth-order valence-corrected chi connectivity index (χ4v) is 0.584. The number of carboxylic acid groups (broad SMARTS) is 2. The quantitative estimate of drug-likeness (QED) is 0.403. The summed E-state index contributed by atoms with van der Waals surface area (Å²) in [6.45, 7) is 4.73. The normalized spacial score (nSPS) is 12.6. The summed E-state index contributed by atoms with van der Waals surface area (Å²) in [6, 6.07) is 0. The van der Waals surface area contributed by atoms with Crippen LogP contribution in [0.15, 0.2) is 11.6 Å². The average Bonchev–Trinajstić information content (AvgIpc) is 1.99. The molecule has 0 aliphatic rings. The van der Waals surface area contributed by atoms with Gasteiger partial charge in [-0.1, -0.05) is 0 Å². The van der Waals surface area contributed by atoms with E-state index in [4.69, 9.17) is 15.1 Å². The van der Waals surface area contributed by atoms with Gasteiger partial charge < -0.3 is 10.2 Å². The second-order valence-corrected chi connectivity index (χ2v) is 3.77. The molecule has 6 nitrogen and oxygen atoms in total. The van der Waals surface area contributed by atoms with Crippen molar-refractivity contribution in [1.29, 1.82) is 0 Å². The predicted molar refractivity (Wildman–Crippen MR) is 50.1 cm³/mol. The Hall–Kier alpha value is -1.40. The lowest BCUT2D eigenvalue weighted by Crippen LogP contribution is -2.21. The fourth-order valence-electron chi connectivity index (χ4n) is 0.584. The minimum absolute atomic E-state index is 0.383. The predicted octanol–water partition coefficient (Wildman–Crippen LogP) is 0.829. The lowest BCUT2D eigenvalue weighted by atomic mass is 10.2. The van der Waals surface area contributed by atoms with Crippen molar-refractivity contribution in [3.63, 3.8) is 0 Å². The van der Waals surface area contributed by atoms with Crippen LogP contribution in [0.5, 0.6) is 0 Å². The van der Waals surface area contributed by atoms with Gasteiger partial charge in [-0.2, -0.15) is 0 Å². The number of carboxylic acids is 2. The molecule has 15 heavy (non-hydrogen) atoms. The number of rotatable bonds is 5. The zero-order valence-corrected chi connectivity index (χ0v) is 8.81. The molecular weight excluding hydrogens is 204 g/mol. The monoisotopic (exact) mass is 218 g/mol. The number of aliphatic carboxylic acids is 2. The van der Waals surface area contributed by atoms with Crippen molar-refractivity contribution >= 4 is 11.9 Å². The second kappa shape index (κ2) is 5.47. The van der Waals surface area contributed by atoms with Gasteiger partial charge in [-0.25, -0.2) is 19.4 Å². The van der Waals surface area contributed by atoms with Crippen LogP contribution in [0, 0.1) is 0 Å². The average molecular weight is 218 g/mol. The van der Waals surface area contributed by atoms with Crippen molar-refractivity contribution < 1.29 is 29.6 Å². The number of hydrogen-bond acceptors (Lipinski definition) is 4. The van der Waals surface area contributed by atoms with E-state index < -0.39 is 24.1 Å². The molecule has 0 unspecified atom stereocenters. The van der Waals surface area contributed by atoms with Crippen molar-refractivity contribution in [2.24, 2.45) is 0 Å². The van der Waals surface area contributed by atoms with Crippen LogP contribution in [0.4, 0.5) is 0 Å². The van der Waals surface area contributed by atoms with Crippen molar-refractivity contribution in [1.82, 2.24) is 0 Å². The number of carbonyl (C=O) groups is 2. The molecule has 0 amide bonds. The summed E-state index contributed by atoms with van der Waals surface area (Å²) >= 11 is 0. The summed E-state index contributed by atoms with van der Waals surface area (Å²) < 4.78 is 0. The van der Waals surface area contributed by atoms with Crippen LogP contribution in [-0.4, -0.2) is 34.4 Å². The third-order valence-electron chi connectivity index (χ3n) is 1.10. The SMILES string of the molecule is CC(C)(C)OOC/C(=C\C(=O)O)C(=O)O. The van der Waals surface area contributed by atoms with Gasteiger partial charge in [0, 0.05) is 6.08 Å². The summed E-state index contributed by atoms with van der Waals surface area (Å²) in [5, 5.41) is 16.9. The Bertz CT molecular complexity index is 273. The molecular formula is C9H14O6. The molecule has 0 aromatic heterocycles. The molecule has 0 atom stereocenters. The van der Waals surface area contributed by atoms with Gasteiger partial charge in [0.15, 0.2) is 0 Å². The molecule has 0 spiro atoms. The van der Waals surface area contributed by atoms with Crippen molar-refractivity contribution in [3.8, 4) is 0 Å². The highest BCUT2D eigenvalue weighted by molar-refractivity contribution is 5.94. The van der Waals surface area contributed by atoms with Crippen LogP contribution in [0.3, 0.4) is 0 Å². The molecule has 0 saturated carbocycles. The molecule has 0 rings (SSSR count). The molecule has 0 radical (unpaired) electrons. The Balaban J connectivity index is 4.22. The minimum atomic E-state index is -1.35. The Labute approximate surface area is 87.0 Å². The van der Waals surface area contributed by atoms with Crippen LogP contribution < -0.4 is 0 Å². The molecule has 0 bridgehead atoms. The zero-order chi connectivity index (χ0) is 12.1. The van der Waals surface area contributed by atoms with E-state index in [1.807, 2.05) is 0 Å². The van der Waals surface area contributed by atoms with Gasteiger partial charge in [-0.3, -0.25) is 0 Å². The first-order chi connectivity index (χ1) is 6.72. The van der Waals surface area contributed by atoms with Crippen LogP contribution in [0.1, 0.15) is 20.8 Å². The van der Waals surface area contributed by atoms with E-state index in [0.717, 1.165) is 0 Å². The molecule has 0 fully saturated rings. The standard InChI is InChI=1S/C9H14O6/c1-9(2,3)15-14-5-6(8(12)13)4-7(10)11/h4H,5H2,1-3H3,(H,10,11)(H,12,13)/b6-4+. The highest BCUT2D eigenvalue weighted by atomic mass is 17.2. The van der Waals surface area contributed by atoms with Gasteiger partial charge in [0.2, 0.25) is 0 Å². The molecule has 6 heteroatoms. The van der Waals surface area contributed by atoms with E-state index in [9.17, 15) is 9.59 Å².